The van der Waals surface area contributed by atoms with E-state index in [0.717, 1.165) is 0 Å². The van der Waals surface area contributed by atoms with E-state index in [-0.39, 0.29) is 12.3 Å². The molecule has 80 valence electrons. The summed E-state index contributed by atoms with van der Waals surface area (Å²) in [6.07, 6.45) is 0.273. The Labute approximate surface area is 75.0 Å². The Morgan fingerprint density at radius 1 is 1.31 bits per heavy atom. The van der Waals surface area contributed by atoms with Crippen LogP contribution >= 0.6 is 0 Å². The van der Waals surface area contributed by atoms with Crippen molar-refractivity contribution in [3.05, 3.63) is 0 Å². The lowest BCUT2D eigenvalue weighted by Crippen LogP contribution is -2.26. The second kappa shape index (κ2) is 4.28. The van der Waals surface area contributed by atoms with Gasteiger partial charge in [0.1, 0.15) is 0 Å². The van der Waals surface area contributed by atoms with Crippen molar-refractivity contribution in [1.82, 2.24) is 0 Å². The summed E-state index contributed by atoms with van der Waals surface area (Å²) in [5.74, 6) is 0.100. The van der Waals surface area contributed by atoms with Gasteiger partial charge in [0.2, 0.25) is 0 Å². The minimum Gasteiger partial charge on any atom is -0.263 e. The van der Waals surface area contributed by atoms with Gasteiger partial charge in [-0.1, -0.05) is 13.8 Å². The van der Waals surface area contributed by atoms with E-state index in [1.807, 2.05) is 0 Å². The Bertz CT molecular complexity index is 242. The summed E-state index contributed by atoms with van der Waals surface area (Å²) in [6.45, 7) is 3.08. The molecule has 3 nitrogen and oxygen atoms in total. The summed E-state index contributed by atoms with van der Waals surface area (Å²) in [5.41, 5.74) is -5.32. The number of rotatable bonds is 4. The van der Waals surface area contributed by atoms with Gasteiger partial charge in [-0.2, -0.15) is 21.6 Å². The molecule has 13 heavy (non-hydrogen) atoms. The van der Waals surface area contributed by atoms with Gasteiger partial charge in [-0.3, -0.25) is 4.18 Å². The third-order valence-corrected chi connectivity index (χ3v) is 2.26. The van der Waals surface area contributed by atoms with Gasteiger partial charge in [-0.05, 0) is 12.3 Å². The van der Waals surface area contributed by atoms with Crippen molar-refractivity contribution < 1.29 is 25.8 Å². The number of alkyl halides is 3. The predicted molar refractivity (Wildman–Crippen MR) is 40.4 cm³/mol. The van der Waals surface area contributed by atoms with Crippen LogP contribution in [-0.4, -0.2) is 20.5 Å². The molecule has 0 saturated heterocycles. The van der Waals surface area contributed by atoms with E-state index in [0.29, 0.717) is 0 Å². The third kappa shape index (κ3) is 4.47. The highest BCUT2D eigenvalue weighted by Crippen LogP contribution is 2.24. The Morgan fingerprint density at radius 2 is 1.77 bits per heavy atom. The standard InChI is InChI=1S/C6H11F3O3S/c1-5(2)3-4-12-13(10,11)6(7,8)9/h5H,3-4H2,1-2H3. The lowest BCUT2D eigenvalue weighted by molar-refractivity contribution is -0.0544. The maximum Gasteiger partial charge on any atom is 0.523 e. The van der Waals surface area contributed by atoms with Crippen LogP contribution in [0.1, 0.15) is 20.3 Å². The number of hydrogen-bond acceptors (Lipinski definition) is 3. The van der Waals surface area contributed by atoms with E-state index in [1.54, 1.807) is 13.8 Å². The Hall–Kier alpha value is -0.300. The van der Waals surface area contributed by atoms with Crippen LogP contribution in [-0.2, 0) is 14.3 Å². The molecule has 0 N–H and O–H groups in total. The van der Waals surface area contributed by atoms with Gasteiger partial charge >= 0.3 is 15.6 Å². The van der Waals surface area contributed by atoms with Gasteiger partial charge in [0.15, 0.2) is 0 Å². The smallest absolute Gasteiger partial charge is 0.263 e. The summed E-state index contributed by atoms with van der Waals surface area (Å²) < 4.78 is 59.3. The van der Waals surface area contributed by atoms with Crippen LogP contribution in [0.4, 0.5) is 13.2 Å². The topological polar surface area (TPSA) is 43.4 Å². The molecule has 0 saturated carbocycles. The zero-order valence-corrected chi connectivity index (χ0v) is 8.07. The molecule has 0 aromatic carbocycles. The molecule has 0 atom stereocenters. The van der Waals surface area contributed by atoms with E-state index < -0.39 is 22.2 Å². The van der Waals surface area contributed by atoms with Crippen LogP contribution in [0.2, 0.25) is 0 Å². The summed E-state index contributed by atoms with van der Waals surface area (Å²) >= 11 is 0. The second-order valence-electron chi connectivity index (χ2n) is 2.90. The summed E-state index contributed by atoms with van der Waals surface area (Å²) in [7, 11) is -5.39. The van der Waals surface area contributed by atoms with Crippen LogP contribution in [0.5, 0.6) is 0 Å². The lowest BCUT2D eigenvalue weighted by Gasteiger charge is -2.08. The maximum absolute atomic E-state index is 11.6. The van der Waals surface area contributed by atoms with Crippen LogP contribution in [0.25, 0.3) is 0 Å². The fourth-order valence-electron chi connectivity index (χ4n) is 0.460. The third-order valence-electron chi connectivity index (χ3n) is 1.22. The van der Waals surface area contributed by atoms with Gasteiger partial charge in [-0.25, -0.2) is 0 Å². The Kier molecular flexibility index (Phi) is 4.18. The largest absolute Gasteiger partial charge is 0.523 e. The Balaban J connectivity index is 4.07. The van der Waals surface area contributed by atoms with Crippen molar-refractivity contribution in [3.8, 4) is 0 Å². The molecule has 0 rings (SSSR count). The molecule has 0 unspecified atom stereocenters. The average Bonchev–Trinajstić information content (AvgIpc) is 1.82. The fraction of sp³-hybridized carbons (Fsp3) is 1.00. The van der Waals surface area contributed by atoms with Crippen molar-refractivity contribution in [2.24, 2.45) is 5.92 Å². The van der Waals surface area contributed by atoms with Gasteiger partial charge in [-0.15, -0.1) is 0 Å². The normalized spacial score (nSPS) is 13.7. The highest BCUT2D eigenvalue weighted by Gasteiger charge is 2.47. The molecule has 0 bridgehead atoms. The molecule has 0 heterocycles. The van der Waals surface area contributed by atoms with Crippen LogP contribution in [0.15, 0.2) is 0 Å². The van der Waals surface area contributed by atoms with E-state index >= 15 is 0 Å². The van der Waals surface area contributed by atoms with Crippen LogP contribution < -0.4 is 0 Å². The zero-order chi connectivity index (χ0) is 10.7. The molecule has 0 aliphatic carbocycles. The highest BCUT2D eigenvalue weighted by atomic mass is 32.2. The molecule has 0 fully saturated rings. The van der Waals surface area contributed by atoms with Gasteiger partial charge < -0.3 is 0 Å². The molecule has 0 spiro atoms. The molecule has 0 amide bonds. The Morgan fingerprint density at radius 3 is 2.08 bits per heavy atom. The first-order valence-corrected chi connectivity index (χ1v) is 5.03. The van der Waals surface area contributed by atoms with Crippen molar-refractivity contribution in [2.75, 3.05) is 6.61 Å². The van der Waals surface area contributed by atoms with Crippen molar-refractivity contribution in [3.63, 3.8) is 0 Å². The molecule has 0 radical (unpaired) electrons. The SMILES string of the molecule is CC(C)CCOS(=O)(=O)C(F)(F)F. The summed E-state index contributed by atoms with van der Waals surface area (Å²) in [5, 5.41) is 0. The molecule has 0 aromatic heterocycles. The predicted octanol–water partition coefficient (Wildman–Crippen LogP) is 1.90. The highest BCUT2D eigenvalue weighted by molar-refractivity contribution is 7.87. The van der Waals surface area contributed by atoms with E-state index in [4.69, 9.17) is 0 Å². The van der Waals surface area contributed by atoms with Crippen molar-refractivity contribution in [1.29, 1.82) is 0 Å². The number of hydrogen-bond donors (Lipinski definition) is 0. The van der Waals surface area contributed by atoms with Crippen molar-refractivity contribution >= 4 is 10.1 Å². The average molecular weight is 220 g/mol. The van der Waals surface area contributed by atoms with E-state index in [1.165, 1.54) is 0 Å². The quantitative estimate of drug-likeness (QED) is 0.536. The number of halogens is 3. The monoisotopic (exact) mass is 220 g/mol. The van der Waals surface area contributed by atoms with Gasteiger partial charge in [0.25, 0.3) is 0 Å². The first-order chi connectivity index (χ1) is 5.67. The van der Waals surface area contributed by atoms with Crippen molar-refractivity contribution in [2.45, 2.75) is 25.8 Å². The molecular weight excluding hydrogens is 209 g/mol. The van der Waals surface area contributed by atoms with E-state index in [9.17, 15) is 21.6 Å². The fourth-order valence-corrected chi connectivity index (χ4v) is 0.910. The van der Waals surface area contributed by atoms with Gasteiger partial charge in [0, 0.05) is 0 Å². The molecule has 0 aromatic rings. The summed E-state index contributed by atoms with van der Waals surface area (Å²) in [6, 6.07) is 0. The first-order valence-electron chi connectivity index (χ1n) is 3.62. The van der Waals surface area contributed by atoms with Crippen LogP contribution in [0, 0.1) is 5.92 Å². The molecule has 7 heteroatoms. The minimum absolute atomic E-state index is 0.100. The van der Waals surface area contributed by atoms with Crippen LogP contribution in [0.3, 0.4) is 0 Å². The molecule has 0 aliphatic heterocycles. The second-order valence-corrected chi connectivity index (χ2v) is 4.51. The van der Waals surface area contributed by atoms with E-state index in [2.05, 4.69) is 4.18 Å². The minimum atomic E-state index is -5.39. The lowest BCUT2D eigenvalue weighted by atomic mass is 10.2. The zero-order valence-electron chi connectivity index (χ0n) is 7.26. The molecular formula is C6H11F3O3S. The molecule has 0 aliphatic rings. The maximum atomic E-state index is 11.6. The van der Waals surface area contributed by atoms with Gasteiger partial charge in [0.05, 0.1) is 6.61 Å². The first kappa shape index (κ1) is 12.7. The summed E-state index contributed by atoms with van der Waals surface area (Å²) in [4.78, 5) is 0.